The number of carbonyl (C=O) groups is 1. The van der Waals surface area contributed by atoms with Crippen LogP contribution < -0.4 is 10.1 Å². The highest BCUT2D eigenvalue weighted by Gasteiger charge is 2.07. The molecule has 1 N–H and O–H groups in total. The largest absolute Gasteiger partial charge is 0.481 e. The standard InChI is InChI=1S/C12H12N4O2.HI/c1-8-3-4-9(6-13-8)12(17)16-10-5-11(18-2)15-7-14-10;/h3-7H,1-2H3,(H,14,15,16,17);1H. The molecule has 0 aromatic carbocycles. The topological polar surface area (TPSA) is 77.0 Å². The van der Waals surface area contributed by atoms with Gasteiger partial charge in [0.2, 0.25) is 5.88 Å². The highest BCUT2D eigenvalue weighted by atomic mass is 127. The normalized spacial score (nSPS) is 9.37. The molecule has 100 valence electrons. The molecule has 19 heavy (non-hydrogen) atoms. The first-order valence-electron chi connectivity index (χ1n) is 5.29. The van der Waals surface area contributed by atoms with Crippen LogP contribution in [0.2, 0.25) is 0 Å². The molecule has 0 saturated heterocycles. The summed E-state index contributed by atoms with van der Waals surface area (Å²) in [5.74, 6) is 0.498. The van der Waals surface area contributed by atoms with Crippen molar-refractivity contribution in [2.24, 2.45) is 0 Å². The number of aryl methyl sites for hydroxylation is 1. The minimum absolute atomic E-state index is 0. The summed E-state index contributed by atoms with van der Waals surface area (Å²) in [7, 11) is 1.50. The van der Waals surface area contributed by atoms with Crippen LogP contribution in [0.5, 0.6) is 5.88 Å². The molecular formula is C12H13IN4O2. The summed E-state index contributed by atoms with van der Waals surface area (Å²) in [5, 5.41) is 2.64. The summed E-state index contributed by atoms with van der Waals surface area (Å²) in [6, 6.07) is 5.02. The third kappa shape index (κ3) is 4.12. The van der Waals surface area contributed by atoms with Crippen LogP contribution in [0.15, 0.2) is 30.7 Å². The Bertz CT molecular complexity index is 560. The maximum atomic E-state index is 11.9. The van der Waals surface area contributed by atoms with Gasteiger partial charge < -0.3 is 10.1 Å². The molecule has 2 heterocycles. The van der Waals surface area contributed by atoms with Crippen molar-refractivity contribution in [3.63, 3.8) is 0 Å². The second kappa shape index (κ2) is 6.98. The van der Waals surface area contributed by atoms with Crippen molar-refractivity contribution in [3.8, 4) is 5.88 Å². The summed E-state index contributed by atoms with van der Waals surface area (Å²) in [6.45, 7) is 1.86. The van der Waals surface area contributed by atoms with E-state index in [1.165, 1.54) is 19.6 Å². The average Bonchev–Trinajstić information content (AvgIpc) is 2.39. The second-order valence-electron chi connectivity index (χ2n) is 3.59. The molecule has 0 aliphatic rings. The summed E-state index contributed by atoms with van der Waals surface area (Å²) >= 11 is 0. The van der Waals surface area contributed by atoms with Crippen molar-refractivity contribution in [1.29, 1.82) is 0 Å². The van der Waals surface area contributed by atoms with Gasteiger partial charge in [-0.2, -0.15) is 0 Å². The maximum Gasteiger partial charge on any atom is 0.258 e. The summed E-state index contributed by atoms with van der Waals surface area (Å²) in [5.41, 5.74) is 1.33. The fourth-order valence-corrected chi connectivity index (χ4v) is 1.31. The molecule has 0 aliphatic heterocycles. The van der Waals surface area contributed by atoms with Gasteiger partial charge in [0.25, 0.3) is 5.91 Å². The van der Waals surface area contributed by atoms with E-state index in [1.807, 2.05) is 6.92 Å². The summed E-state index contributed by atoms with van der Waals surface area (Å²) in [6.07, 6.45) is 2.84. The van der Waals surface area contributed by atoms with Crippen LogP contribution >= 0.6 is 24.0 Å². The molecule has 2 rings (SSSR count). The highest BCUT2D eigenvalue weighted by molar-refractivity contribution is 14.0. The molecule has 2 aromatic heterocycles. The van der Waals surface area contributed by atoms with Crippen molar-refractivity contribution in [2.45, 2.75) is 6.92 Å². The molecule has 0 bridgehead atoms. The van der Waals surface area contributed by atoms with Crippen molar-refractivity contribution >= 4 is 35.7 Å². The van der Waals surface area contributed by atoms with Crippen LogP contribution in [0.1, 0.15) is 16.1 Å². The van der Waals surface area contributed by atoms with Gasteiger partial charge in [0, 0.05) is 18.0 Å². The maximum absolute atomic E-state index is 11.9. The SMILES string of the molecule is COc1cc(NC(=O)c2ccc(C)nc2)ncn1.I. The third-order valence-corrected chi connectivity index (χ3v) is 2.27. The number of halogens is 1. The lowest BCUT2D eigenvalue weighted by molar-refractivity contribution is 0.102. The Morgan fingerprint density at radius 3 is 2.68 bits per heavy atom. The molecule has 0 spiro atoms. The number of carbonyl (C=O) groups excluding carboxylic acids is 1. The molecule has 0 aliphatic carbocycles. The lowest BCUT2D eigenvalue weighted by Crippen LogP contribution is -2.13. The van der Waals surface area contributed by atoms with E-state index >= 15 is 0 Å². The number of nitrogens with zero attached hydrogens (tertiary/aromatic N) is 3. The molecule has 0 atom stereocenters. The van der Waals surface area contributed by atoms with Crippen molar-refractivity contribution in [1.82, 2.24) is 15.0 Å². The molecule has 0 saturated carbocycles. The van der Waals surface area contributed by atoms with E-state index in [9.17, 15) is 4.79 Å². The number of amides is 1. The van der Waals surface area contributed by atoms with E-state index in [1.54, 1.807) is 18.2 Å². The van der Waals surface area contributed by atoms with Crippen LogP contribution in [0, 0.1) is 6.92 Å². The zero-order chi connectivity index (χ0) is 13.0. The number of hydrogen-bond donors (Lipinski definition) is 1. The third-order valence-electron chi connectivity index (χ3n) is 2.27. The number of nitrogens with one attached hydrogen (secondary N) is 1. The summed E-state index contributed by atoms with van der Waals surface area (Å²) < 4.78 is 4.94. The van der Waals surface area contributed by atoms with Crippen LogP contribution in [-0.4, -0.2) is 28.0 Å². The number of rotatable bonds is 3. The van der Waals surface area contributed by atoms with Gasteiger partial charge in [-0.15, -0.1) is 24.0 Å². The second-order valence-corrected chi connectivity index (χ2v) is 3.59. The Hall–Kier alpha value is -1.77. The zero-order valence-corrected chi connectivity index (χ0v) is 12.8. The number of anilines is 1. The van der Waals surface area contributed by atoms with Crippen molar-refractivity contribution < 1.29 is 9.53 Å². The van der Waals surface area contributed by atoms with E-state index in [0.717, 1.165) is 5.69 Å². The first-order valence-corrected chi connectivity index (χ1v) is 5.29. The smallest absolute Gasteiger partial charge is 0.258 e. The summed E-state index contributed by atoms with van der Waals surface area (Å²) in [4.78, 5) is 23.7. The quantitative estimate of drug-likeness (QED) is 0.835. The molecule has 0 radical (unpaired) electrons. The number of pyridine rings is 1. The number of aromatic nitrogens is 3. The van der Waals surface area contributed by atoms with Gasteiger partial charge >= 0.3 is 0 Å². The Balaban J connectivity index is 0.00000180. The van der Waals surface area contributed by atoms with E-state index in [4.69, 9.17) is 4.74 Å². The number of hydrogen-bond acceptors (Lipinski definition) is 5. The fraction of sp³-hybridized carbons (Fsp3) is 0.167. The Kier molecular flexibility index (Phi) is 5.61. The zero-order valence-electron chi connectivity index (χ0n) is 10.5. The minimum atomic E-state index is -0.275. The van der Waals surface area contributed by atoms with E-state index in [2.05, 4.69) is 20.3 Å². The molecule has 7 heteroatoms. The lowest BCUT2D eigenvalue weighted by atomic mass is 10.2. The van der Waals surface area contributed by atoms with Gasteiger partial charge in [-0.25, -0.2) is 9.97 Å². The van der Waals surface area contributed by atoms with Gasteiger partial charge in [-0.1, -0.05) is 0 Å². The van der Waals surface area contributed by atoms with Gasteiger partial charge in [0.05, 0.1) is 12.7 Å². The molecule has 6 nitrogen and oxygen atoms in total. The van der Waals surface area contributed by atoms with Gasteiger partial charge in [-0.3, -0.25) is 9.78 Å². The van der Waals surface area contributed by atoms with Gasteiger partial charge in [-0.05, 0) is 19.1 Å². The van der Waals surface area contributed by atoms with E-state index in [-0.39, 0.29) is 29.9 Å². The molecular weight excluding hydrogens is 359 g/mol. The predicted octanol–water partition coefficient (Wildman–Crippen LogP) is 2.06. The van der Waals surface area contributed by atoms with Crippen molar-refractivity contribution in [3.05, 3.63) is 42.0 Å². The van der Waals surface area contributed by atoms with E-state index < -0.39 is 0 Å². The monoisotopic (exact) mass is 372 g/mol. The Morgan fingerprint density at radius 2 is 2.05 bits per heavy atom. The average molecular weight is 372 g/mol. The van der Waals surface area contributed by atoms with Gasteiger partial charge in [0.1, 0.15) is 12.1 Å². The lowest BCUT2D eigenvalue weighted by Gasteiger charge is -2.05. The first kappa shape index (κ1) is 15.3. The minimum Gasteiger partial charge on any atom is -0.481 e. The van der Waals surface area contributed by atoms with Crippen LogP contribution in [0.4, 0.5) is 5.82 Å². The molecule has 0 fully saturated rings. The Labute approximate surface area is 127 Å². The number of methoxy groups -OCH3 is 1. The van der Waals surface area contributed by atoms with Crippen LogP contribution in [-0.2, 0) is 0 Å². The van der Waals surface area contributed by atoms with Crippen LogP contribution in [0.3, 0.4) is 0 Å². The Morgan fingerprint density at radius 1 is 1.26 bits per heavy atom. The van der Waals surface area contributed by atoms with Crippen LogP contribution in [0.25, 0.3) is 0 Å². The molecule has 2 aromatic rings. The molecule has 0 unspecified atom stereocenters. The highest BCUT2D eigenvalue weighted by Crippen LogP contribution is 2.11. The number of ether oxygens (including phenoxy) is 1. The first-order chi connectivity index (χ1) is 8.69. The fourth-order valence-electron chi connectivity index (χ4n) is 1.31. The van der Waals surface area contributed by atoms with Crippen molar-refractivity contribution in [2.75, 3.05) is 12.4 Å². The molecule has 1 amide bonds. The van der Waals surface area contributed by atoms with Gasteiger partial charge in [0.15, 0.2) is 0 Å². The predicted molar refractivity (Wildman–Crippen MR) is 80.9 cm³/mol. The van der Waals surface area contributed by atoms with E-state index in [0.29, 0.717) is 17.3 Å².